The Labute approximate surface area is 162 Å². The van der Waals surface area contributed by atoms with Gasteiger partial charge in [-0.25, -0.2) is 13.1 Å². The molecule has 0 radical (unpaired) electrons. The molecule has 1 heterocycles. The number of benzene rings is 1. The molecule has 5 nitrogen and oxygen atoms in total. The Morgan fingerprint density at radius 3 is 2.26 bits per heavy atom. The van der Waals surface area contributed by atoms with Gasteiger partial charge in [-0.15, -0.1) is 0 Å². The fourth-order valence-electron chi connectivity index (χ4n) is 3.42. The number of rotatable bonds is 7. The molecule has 0 unspecified atom stereocenters. The molecule has 27 heavy (non-hydrogen) atoms. The highest BCUT2D eigenvalue weighted by molar-refractivity contribution is 7.89. The van der Waals surface area contributed by atoms with E-state index in [4.69, 9.17) is 5.10 Å². The number of nitrogens with one attached hydrogen (secondary N) is 1. The van der Waals surface area contributed by atoms with Crippen LogP contribution in [0.4, 0.5) is 0 Å². The Kier molecular flexibility index (Phi) is 4.67. The van der Waals surface area contributed by atoms with Gasteiger partial charge in [0.1, 0.15) is 0 Å². The van der Waals surface area contributed by atoms with Gasteiger partial charge in [-0.1, -0.05) is 32.9 Å². The molecule has 0 saturated heterocycles. The van der Waals surface area contributed by atoms with E-state index in [1.54, 1.807) is 12.1 Å². The minimum Gasteiger partial charge on any atom is -0.268 e. The minimum absolute atomic E-state index is 0.00822. The highest BCUT2D eigenvalue weighted by Gasteiger charge is 2.32. The lowest BCUT2D eigenvalue weighted by Gasteiger charge is -2.19. The summed E-state index contributed by atoms with van der Waals surface area (Å²) in [5, 5.41) is 4.75. The third-order valence-electron chi connectivity index (χ3n) is 5.47. The maximum atomic E-state index is 12.6. The third kappa shape index (κ3) is 4.27. The van der Waals surface area contributed by atoms with E-state index in [9.17, 15) is 8.42 Å². The average Bonchev–Trinajstić information content (AvgIpc) is 3.53. The van der Waals surface area contributed by atoms with Crippen molar-refractivity contribution in [3.05, 3.63) is 47.3 Å². The first kappa shape index (κ1) is 18.7. The molecule has 2 fully saturated rings. The van der Waals surface area contributed by atoms with Gasteiger partial charge in [0.05, 0.1) is 17.1 Å². The predicted molar refractivity (Wildman–Crippen MR) is 107 cm³/mol. The van der Waals surface area contributed by atoms with Crippen molar-refractivity contribution >= 4 is 10.0 Å². The summed E-state index contributed by atoms with van der Waals surface area (Å²) >= 11 is 0. The van der Waals surface area contributed by atoms with E-state index in [-0.39, 0.29) is 5.41 Å². The topological polar surface area (TPSA) is 64.0 Å². The van der Waals surface area contributed by atoms with Gasteiger partial charge in [-0.05, 0) is 54.9 Å². The van der Waals surface area contributed by atoms with Gasteiger partial charge in [0, 0.05) is 24.1 Å². The summed E-state index contributed by atoms with van der Waals surface area (Å²) in [4.78, 5) is 0.317. The van der Waals surface area contributed by atoms with E-state index in [1.165, 1.54) is 37.1 Å². The van der Waals surface area contributed by atoms with Crippen LogP contribution in [-0.2, 0) is 22.0 Å². The van der Waals surface area contributed by atoms with Gasteiger partial charge in [-0.2, -0.15) is 5.10 Å². The molecule has 0 bridgehead atoms. The maximum absolute atomic E-state index is 12.6. The Balaban J connectivity index is 1.41. The van der Waals surface area contributed by atoms with Crippen LogP contribution in [0.25, 0.3) is 0 Å². The highest BCUT2D eigenvalue weighted by atomic mass is 32.2. The van der Waals surface area contributed by atoms with E-state index in [2.05, 4.69) is 31.6 Å². The fourth-order valence-corrected chi connectivity index (χ4v) is 4.44. The second-order valence-corrected chi connectivity index (χ2v) is 10.7. The minimum atomic E-state index is -3.50. The van der Waals surface area contributed by atoms with Crippen LogP contribution in [0.3, 0.4) is 0 Å². The van der Waals surface area contributed by atoms with E-state index in [0.29, 0.717) is 29.8 Å². The van der Waals surface area contributed by atoms with Crippen molar-refractivity contribution in [2.75, 3.05) is 6.54 Å². The maximum Gasteiger partial charge on any atom is 0.240 e. The smallest absolute Gasteiger partial charge is 0.240 e. The lowest BCUT2D eigenvalue weighted by atomic mass is 9.87. The summed E-state index contributed by atoms with van der Waals surface area (Å²) in [5.41, 5.74) is 3.61. The van der Waals surface area contributed by atoms with Crippen LogP contribution in [-0.4, -0.2) is 24.7 Å². The average molecular weight is 388 g/mol. The molecule has 6 heteroatoms. The molecular weight excluding hydrogens is 358 g/mol. The Bertz CT molecular complexity index is 915. The third-order valence-corrected chi connectivity index (χ3v) is 6.94. The normalized spacial score (nSPS) is 18.0. The first-order valence-corrected chi connectivity index (χ1v) is 11.4. The Morgan fingerprint density at radius 2 is 1.70 bits per heavy atom. The number of hydrogen-bond donors (Lipinski definition) is 1. The van der Waals surface area contributed by atoms with Crippen molar-refractivity contribution in [3.8, 4) is 0 Å². The molecule has 2 saturated carbocycles. The number of nitrogens with zero attached hydrogens (tertiary/aromatic N) is 2. The zero-order chi connectivity index (χ0) is 19.2. The first-order valence-electron chi connectivity index (χ1n) is 9.92. The largest absolute Gasteiger partial charge is 0.268 e. The van der Waals surface area contributed by atoms with E-state index < -0.39 is 10.0 Å². The molecule has 0 spiro atoms. The van der Waals surface area contributed by atoms with Crippen molar-refractivity contribution in [1.29, 1.82) is 0 Å². The van der Waals surface area contributed by atoms with Gasteiger partial charge in [-0.3, -0.25) is 4.68 Å². The number of sulfonamides is 1. The van der Waals surface area contributed by atoms with Crippen LogP contribution in [0.5, 0.6) is 0 Å². The SMILES string of the molecule is CC(C)(C)c1ccc(S(=O)(=O)NCCn2nc(C3CC3)cc2C2CC2)cc1. The molecule has 1 N–H and O–H groups in total. The highest BCUT2D eigenvalue weighted by Crippen LogP contribution is 2.44. The lowest BCUT2D eigenvalue weighted by molar-refractivity contribution is 0.547. The summed E-state index contributed by atoms with van der Waals surface area (Å²) in [6.45, 7) is 7.29. The summed E-state index contributed by atoms with van der Waals surface area (Å²) in [5.74, 6) is 1.24. The zero-order valence-corrected chi connectivity index (χ0v) is 17.2. The Morgan fingerprint density at radius 1 is 1.07 bits per heavy atom. The number of hydrogen-bond acceptors (Lipinski definition) is 3. The summed E-state index contributed by atoms with van der Waals surface area (Å²) in [6, 6.07) is 9.43. The predicted octanol–water partition coefficient (Wildman–Crippen LogP) is 3.91. The van der Waals surface area contributed by atoms with Crippen LogP contribution in [0.1, 0.15) is 75.2 Å². The van der Waals surface area contributed by atoms with Crippen molar-refractivity contribution in [2.45, 2.75) is 75.1 Å². The van der Waals surface area contributed by atoms with Crippen LogP contribution in [0.2, 0.25) is 0 Å². The molecular formula is C21H29N3O2S. The van der Waals surface area contributed by atoms with Crippen LogP contribution in [0.15, 0.2) is 35.2 Å². The molecule has 4 rings (SSSR count). The standard InChI is InChI=1S/C21H29N3O2S/c1-21(2,3)17-8-10-18(11-9-17)27(25,26)22-12-13-24-20(16-6-7-16)14-19(23-24)15-4-5-15/h8-11,14-16,22H,4-7,12-13H2,1-3H3. The fraction of sp³-hybridized carbons (Fsp3) is 0.571. The van der Waals surface area contributed by atoms with Gasteiger partial charge in [0.2, 0.25) is 10.0 Å². The van der Waals surface area contributed by atoms with Gasteiger partial charge in [0.25, 0.3) is 0 Å². The first-order chi connectivity index (χ1) is 12.7. The van der Waals surface area contributed by atoms with Crippen LogP contribution < -0.4 is 4.72 Å². The molecule has 2 aromatic rings. The Hall–Kier alpha value is -1.66. The molecule has 0 aliphatic heterocycles. The van der Waals surface area contributed by atoms with E-state index >= 15 is 0 Å². The molecule has 1 aromatic heterocycles. The summed E-state index contributed by atoms with van der Waals surface area (Å²) in [7, 11) is -3.50. The van der Waals surface area contributed by atoms with Crippen molar-refractivity contribution in [1.82, 2.24) is 14.5 Å². The lowest BCUT2D eigenvalue weighted by Crippen LogP contribution is -2.28. The van der Waals surface area contributed by atoms with E-state index in [0.717, 1.165) is 5.56 Å². The number of aromatic nitrogens is 2. The van der Waals surface area contributed by atoms with Gasteiger partial charge in [0.15, 0.2) is 0 Å². The van der Waals surface area contributed by atoms with Gasteiger partial charge >= 0.3 is 0 Å². The van der Waals surface area contributed by atoms with Crippen LogP contribution in [0, 0.1) is 0 Å². The van der Waals surface area contributed by atoms with Crippen molar-refractivity contribution < 1.29 is 8.42 Å². The molecule has 0 amide bonds. The van der Waals surface area contributed by atoms with Gasteiger partial charge < -0.3 is 0 Å². The summed E-state index contributed by atoms with van der Waals surface area (Å²) < 4.78 is 30.0. The molecule has 2 aliphatic rings. The molecule has 1 aromatic carbocycles. The molecule has 146 valence electrons. The molecule has 0 atom stereocenters. The monoisotopic (exact) mass is 387 g/mol. The van der Waals surface area contributed by atoms with E-state index in [1.807, 2.05) is 16.8 Å². The van der Waals surface area contributed by atoms with Crippen molar-refractivity contribution in [3.63, 3.8) is 0 Å². The molecule has 2 aliphatic carbocycles. The summed E-state index contributed by atoms with van der Waals surface area (Å²) in [6.07, 6.45) is 4.92. The van der Waals surface area contributed by atoms with Crippen LogP contribution >= 0.6 is 0 Å². The zero-order valence-electron chi connectivity index (χ0n) is 16.4. The van der Waals surface area contributed by atoms with Crippen molar-refractivity contribution in [2.24, 2.45) is 0 Å². The second kappa shape index (κ2) is 6.74. The quantitative estimate of drug-likeness (QED) is 0.783. The second-order valence-electron chi connectivity index (χ2n) is 8.94.